The van der Waals surface area contributed by atoms with Crippen LogP contribution in [0.1, 0.15) is 24.3 Å². The van der Waals surface area contributed by atoms with Crippen LogP contribution in [-0.4, -0.2) is 59.8 Å². The Labute approximate surface area is 222 Å². The third-order valence-corrected chi connectivity index (χ3v) is 9.77. The first-order valence-corrected chi connectivity index (χ1v) is 12.8. The van der Waals surface area contributed by atoms with Crippen molar-refractivity contribution in [2.75, 3.05) is 5.45 Å². The van der Waals surface area contributed by atoms with Gasteiger partial charge in [-0.2, -0.15) is 4.90 Å². The Hall–Kier alpha value is -2.14. The van der Waals surface area contributed by atoms with E-state index in [4.69, 9.17) is 40.5 Å². The van der Waals surface area contributed by atoms with Gasteiger partial charge in [0.05, 0.1) is 17.3 Å². The molecule has 2 heterocycles. The molecule has 0 radical (unpaired) electrons. The van der Waals surface area contributed by atoms with Crippen molar-refractivity contribution in [1.82, 2.24) is 9.80 Å². The summed E-state index contributed by atoms with van der Waals surface area (Å²) in [7, 11) is 0. The molecule has 0 spiro atoms. The fourth-order valence-corrected chi connectivity index (χ4v) is 7.77. The van der Waals surface area contributed by atoms with Crippen molar-refractivity contribution in [3.05, 3.63) is 40.4 Å². The van der Waals surface area contributed by atoms with Gasteiger partial charge >= 0.3 is 6.03 Å². The summed E-state index contributed by atoms with van der Waals surface area (Å²) >= 11 is 23.7. The molecule has 6 unspecified atom stereocenters. The summed E-state index contributed by atoms with van der Waals surface area (Å²) in [4.78, 5) is 62.2. The number of alkyl halides is 3. The van der Waals surface area contributed by atoms with Gasteiger partial charge in [0.15, 0.2) is 9.75 Å². The zero-order valence-corrected chi connectivity index (χ0v) is 21.6. The molecule has 4 aliphatic rings. The average Bonchev–Trinajstić information content (AvgIpc) is 3.13. The minimum atomic E-state index is -2.01. The summed E-state index contributed by atoms with van der Waals surface area (Å²) in [6.07, 6.45) is 1.56. The first-order chi connectivity index (χ1) is 16.4. The number of likely N-dealkylation sites (tertiary alicyclic amines) is 2. The predicted molar refractivity (Wildman–Crippen MR) is 128 cm³/mol. The zero-order valence-electron chi connectivity index (χ0n) is 17.7. The third-order valence-electron chi connectivity index (χ3n) is 7.53. The van der Waals surface area contributed by atoms with Crippen LogP contribution in [0.3, 0.4) is 0 Å². The zero-order chi connectivity index (χ0) is 25.6. The highest BCUT2D eigenvalue weighted by Gasteiger charge is 2.76. The van der Waals surface area contributed by atoms with E-state index >= 15 is 0 Å². The molecule has 6 atom stereocenters. The van der Waals surface area contributed by atoms with E-state index in [2.05, 4.69) is 15.9 Å². The van der Waals surface area contributed by atoms with Gasteiger partial charge in [-0.25, -0.2) is 4.79 Å². The van der Waals surface area contributed by atoms with Crippen molar-refractivity contribution >= 4 is 80.4 Å². The highest BCUT2D eigenvalue weighted by atomic mass is 79.9. The van der Waals surface area contributed by atoms with Crippen LogP contribution in [-0.2, 0) is 19.2 Å². The normalized spacial score (nSPS) is 36.2. The van der Waals surface area contributed by atoms with Crippen LogP contribution < -0.4 is 5.73 Å². The lowest BCUT2D eigenvalue weighted by Crippen LogP contribution is -2.60. The number of benzene rings is 1. The molecule has 6 amide bonds. The van der Waals surface area contributed by atoms with Crippen molar-refractivity contribution in [1.29, 1.82) is 0 Å². The molecule has 2 aliphatic heterocycles. The molecule has 13 heteroatoms. The lowest BCUT2D eigenvalue weighted by molar-refractivity contribution is -0.139. The molecule has 3 fully saturated rings. The number of allylic oxidation sites excluding steroid dienone is 2. The van der Waals surface area contributed by atoms with E-state index in [-0.39, 0.29) is 29.1 Å². The molecule has 184 valence electrons. The standard InChI is InChI=1S/C22H17BrCl3N3O6/c23-7-28-18(33)21(25)6-12-9(3-4-11-14(12)17(32)29(16(11)31)20(27)35)15(22(21,26)19(28)34)10-2-1-8(30)5-13(10)24/h1-3,5,11-12,14-15,30H,4,6-7H2,(H2,27,35). The second-order valence-electron chi connectivity index (χ2n) is 9.04. The Bertz CT molecular complexity index is 1270. The van der Waals surface area contributed by atoms with Crippen molar-refractivity contribution in [2.24, 2.45) is 23.5 Å². The predicted octanol–water partition coefficient (Wildman–Crippen LogP) is 2.84. The Morgan fingerprint density at radius 3 is 2.43 bits per heavy atom. The Morgan fingerprint density at radius 1 is 1.14 bits per heavy atom. The summed E-state index contributed by atoms with van der Waals surface area (Å²) in [5.74, 6) is -6.89. The van der Waals surface area contributed by atoms with E-state index in [1.54, 1.807) is 6.08 Å². The minimum absolute atomic E-state index is 0.0721. The van der Waals surface area contributed by atoms with Gasteiger partial charge in [0.1, 0.15) is 5.75 Å². The summed E-state index contributed by atoms with van der Waals surface area (Å²) in [6, 6.07) is 2.92. The summed E-state index contributed by atoms with van der Waals surface area (Å²) in [6.45, 7) is 0. The molecule has 3 N–H and O–H groups in total. The van der Waals surface area contributed by atoms with Crippen LogP contribution in [0.5, 0.6) is 5.75 Å². The average molecular weight is 606 g/mol. The number of aromatic hydroxyl groups is 1. The Kier molecular flexibility index (Phi) is 5.56. The van der Waals surface area contributed by atoms with E-state index in [1.807, 2.05) is 0 Å². The van der Waals surface area contributed by atoms with E-state index < -0.39 is 63.1 Å². The summed E-state index contributed by atoms with van der Waals surface area (Å²) in [5, 5.41) is 9.96. The van der Waals surface area contributed by atoms with E-state index in [0.29, 0.717) is 16.0 Å². The smallest absolute Gasteiger partial charge is 0.328 e. The fourth-order valence-electron chi connectivity index (χ4n) is 6.07. The molecule has 2 aliphatic carbocycles. The highest BCUT2D eigenvalue weighted by molar-refractivity contribution is 9.09. The molecular formula is C22H17BrCl3N3O6. The van der Waals surface area contributed by atoms with Gasteiger partial charge in [-0.05, 0) is 36.5 Å². The molecule has 1 aromatic rings. The number of carbonyl (C=O) groups is 5. The number of halogens is 4. The quantitative estimate of drug-likeness (QED) is 0.230. The number of primary amides is 1. The minimum Gasteiger partial charge on any atom is -0.508 e. The van der Waals surface area contributed by atoms with Gasteiger partial charge in [-0.1, -0.05) is 45.2 Å². The monoisotopic (exact) mass is 603 g/mol. The number of phenolic OH excluding ortho intramolecular Hbond substituents is 1. The lowest BCUT2D eigenvalue weighted by atomic mass is 9.56. The molecule has 9 nitrogen and oxygen atoms in total. The van der Waals surface area contributed by atoms with Crippen LogP contribution in [0.15, 0.2) is 29.8 Å². The number of rotatable bonds is 2. The summed E-state index contributed by atoms with van der Waals surface area (Å²) in [5.41, 5.74) is 5.96. The number of hydrogen-bond acceptors (Lipinski definition) is 6. The molecule has 35 heavy (non-hydrogen) atoms. The lowest BCUT2D eigenvalue weighted by Gasteiger charge is -2.50. The second kappa shape index (κ2) is 7.93. The number of amides is 6. The molecule has 0 aromatic heterocycles. The van der Waals surface area contributed by atoms with E-state index in [9.17, 15) is 29.1 Å². The van der Waals surface area contributed by atoms with Crippen molar-refractivity contribution in [3.63, 3.8) is 0 Å². The number of fused-ring (bicyclic) bond motifs is 4. The van der Waals surface area contributed by atoms with Crippen molar-refractivity contribution in [2.45, 2.75) is 28.5 Å². The largest absolute Gasteiger partial charge is 0.508 e. The molecule has 1 aromatic carbocycles. The first kappa shape index (κ1) is 24.5. The van der Waals surface area contributed by atoms with Gasteiger partial charge in [-0.3, -0.25) is 24.1 Å². The Morgan fingerprint density at radius 2 is 1.83 bits per heavy atom. The van der Waals surface area contributed by atoms with Crippen LogP contribution in [0, 0.1) is 17.8 Å². The van der Waals surface area contributed by atoms with Crippen LogP contribution in [0.2, 0.25) is 5.02 Å². The number of carbonyl (C=O) groups excluding carboxylic acids is 5. The molecular weight excluding hydrogens is 589 g/mol. The molecule has 5 rings (SSSR count). The SMILES string of the molecule is NC(=O)N1C(=O)C2CC=C3C(CC4(Cl)C(=O)N(CBr)C(=O)C4(Cl)C3c3ccc(O)cc3Cl)C2C1=O. The molecule has 1 saturated carbocycles. The maximum atomic E-state index is 13.6. The maximum absolute atomic E-state index is 13.6. The molecule has 2 saturated heterocycles. The Balaban J connectivity index is 1.75. The van der Waals surface area contributed by atoms with Crippen LogP contribution in [0.4, 0.5) is 4.79 Å². The highest BCUT2D eigenvalue weighted by Crippen LogP contribution is 2.66. The van der Waals surface area contributed by atoms with Crippen molar-refractivity contribution in [3.8, 4) is 5.75 Å². The van der Waals surface area contributed by atoms with Gasteiger partial charge in [-0.15, -0.1) is 23.2 Å². The fraction of sp³-hybridized carbons (Fsp3) is 0.409. The number of urea groups is 1. The topological polar surface area (TPSA) is 138 Å². The number of imide groups is 4. The number of phenols is 1. The van der Waals surface area contributed by atoms with Gasteiger partial charge in [0.2, 0.25) is 11.8 Å². The first-order valence-electron chi connectivity index (χ1n) is 10.6. The van der Waals surface area contributed by atoms with Gasteiger partial charge in [0, 0.05) is 10.9 Å². The van der Waals surface area contributed by atoms with Gasteiger partial charge in [0.25, 0.3) is 11.8 Å². The van der Waals surface area contributed by atoms with E-state index in [1.165, 1.54) is 18.2 Å². The van der Waals surface area contributed by atoms with E-state index in [0.717, 1.165) is 4.90 Å². The number of nitrogens with two attached hydrogens (primary N) is 1. The number of hydrogen-bond donors (Lipinski definition) is 2. The third kappa shape index (κ3) is 2.97. The maximum Gasteiger partial charge on any atom is 0.328 e. The van der Waals surface area contributed by atoms with Crippen molar-refractivity contribution < 1.29 is 29.1 Å². The van der Waals surface area contributed by atoms with Crippen LogP contribution in [0.25, 0.3) is 0 Å². The second-order valence-corrected chi connectivity index (χ2v) is 11.2. The summed E-state index contributed by atoms with van der Waals surface area (Å²) < 4.78 is 0. The molecule has 0 bridgehead atoms. The van der Waals surface area contributed by atoms with Crippen LogP contribution >= 0.6 is 50.7 Å². The van der Waals surface area contributed by atoms with Gasteiger partial charge < -0.3 is 10.8 Å². The number of nitrogens with zero attached hydrogens (tertiary/aromatic N) is 2.